The molecular formula is C15H27N3O. The Kier molecular flexibility index (Phi) is 5.25. The zero-order valence-electron chi connectivity index (χ0n) is 12.3. The summed E-state index contributed by atoms with van der Waals surface area (Å²) in [6.45, 7) is 5.84. The highest BCUT2D eigenvalue weighted by atomic mass is 16.5. The number of hydrogen-bond acceptors (Lipinski definition) is 2. The van der Waals surface area contributed by atoms with Crippen LogP contribution >= 0.6 is 0 Å². The van der Waals surface area contributed by atoms with E-state index in [1.165, 1.54) is 25.7 Å². The van der Waals surface area contributed by atoms with Crippen molar-refractivity contribution in [3.05, 3.63) is 11.6 Å². The lowest BCUT2D eigenvalue weighted by molar-refractivity contribution is -0.0971. The molecule has 0 aromatic carbocycles. The molecule has 0 amide bonds. The van der Waals surface area contributed by atoms with E-state index in [2.05, 4.69) is 28.6 Å². The van der Waals surface area contributed by atoms with Crippen LogP contribution in [0.25, 0.3) is 0 Å². The van der Waals surface area contributed by atoms with Gasteiger partial charge < -0.3 is 15.4 Å². The van der Waals surface area contributed by atoms with E-state index in [-0.39, 0.29) is 5.41 Å². The summed E-state index contributed by atoms with van der Waals surface area (Å²) >= 11 is 0. The fraction of sp³-hybridized carbons (Fsp3) is 0.800. The molecule has 4 nitrogen and oxygen atoms in total. The SMILES string of the molecule is CN=C(NCCC1=CCCCC1)NCC1(C)COC1. The van der Waals surface area contributed by atoms with Crippen molar-refractivity contribution in [2.24, 2.45) is 10.4 Å². The summed E-state index contributed by atoms with van der Waals surface area (Å²) in [5, 5.41) is 6.78. The second kappa shape index (κ2) is 6.94. The largest absolute Gasteiger partial charge is 0.380 e. The molecule has 2 aliphatic rings. The van der Waals surface area contributed by atoms with Crippen LogP contribution in [0.5, 0.6) is 0 Å². The number of guanidine groups is 1. The number of ether oxygens (including phenoxy) is 1. The van der Waals surface area contributed by atoms with Crippen LogP contribution in [0.15, 0.2) is 16.6 Å². The Balaban J connectivity index is 1.63. The van der Waals surface area contributed by atoms with Gasteiger partial charge in [0.25, 0.3) is 0 Å². The first-order chi connectivity index (χ1) is 9.22. The van der Waals surface area contributed by atoms with Gasteiger partial charge in [-0.3, -0.25) is 4.99 Å². The van der Waals surface area contributed by atoms with E-state index in [0.717, 1.165) is 38.7 Å². The number of aliphatic imine (C=N–C) groups is 1. The molecule has 1 saturated heterocycles. The lowest BCUT2D eigenvalue weighted by atomic mass is 9.89. The maximum atomic E-state index is 5.26. The Morgan fingerprint density at radius 1 is 1.37 bits per heavy atom. The van der Waals surface area contributed by atoms with E-state index in [1.807, 2.05) is 7.05 Å². The van der Waals surface area contributed by atoms with E-state index >= 15 is 0 Å². The summed E-state index contributed by atoms with van der Waals surface area (Å²) in [6.07, 6.45) is 8.82. The Labute approximate surface area is 116 Å². The van der Waals surface area contributed by atoms with Gasteiger partial charge in [0, 0.05) is 25.6 Å². The predicted octanol–water partition coefficient (Wildman–Crippen LogP) is 2.08. The molecule has 2 N–H and O–H groups in total. The molecule has 1 heterocycles. The van der Waals surface area contributed by atoms with Crippen LogP contribution in [0.4, 0.5) is 0 Å². The molecular weight excluding hydrogens is 238 g/mol. The molecule has 1 fully saturated rings. The van der Waals surface area contributed by atoms with Gasteiger partial charge in [-0.05, 0) is 32.1 Å². The van der Waals surface area contributed by atoms with Crippen molar-refractivity contribution in [3.8, 4) is 0 Å². The zero-order valence-corrected chi connectivity index (χ0v) is 12.3. The molecule has 0 unspecified atom stereocenters. The van der Waals surface area contributed by atoms with Crippen molar-refractivity contribution < 1.29 is 4.74 Å². The van der Waals surface area contributed by atoms with Gasteiger partial charge in [0.2, 0.25) is 0 Å². The van der Waals surface area contributed by atoms with Crippen LogP contribution in [0.1, 0.15) is 39.0 Å². The zero-order chi connectivity index (χ0) is 13.6. The van der Waals surface area contributed by atoms with Gasteiger partial charge in [-0.1, -0.05) is 18.6 Å². The van der Waals surface area contributed by atoms with Gasteiger partial charge in [0.1, 0.15) is 0 Å². The number of hydrogen-bond donors (Lipinski definition) is 2. The van der Waals surface area contributed by atoms with Crippen LogP contribution in [-0.2, 0) is 4.74 Å². The van der Waals surface area contributed by atoms with Crippen LogP contribution in [0, 0.1) is 5.41 Å². The van der Waals surface area contributed by atoms with Crippen molar-refractivity contribution in [1.29, 1.82) is 0 Å². The third kappa shape index (κ3) is 4.53. The first kappa shape index (κ1) is 14.4. The van der Waals surface area contributed by atoms with Crippen molar-refractivity contribution in [3.63, 3.8) is 0 Å². The third-order valence-corrected chi connectivity index (χ3v) is 3.93. The van der Waals surface area contributed by atoms with E-state index in [1.54, 1.807) is 5.57 Å². The molecule has 108 valence electrons. The predicted molar refractivity (Wildman–Crippen MR) is 79.5 cm³/mol. The molecule has 0 atom stereocenters. The van der Waals surface area contributed by atoms with Crippen molar-refractivity contribution in [2.45, 2.75) is 39.0 Å². The molecule has 1 aliphatic carbocycles. The Morgan fingerprint density at radius 3 is 2.79 bits per heavy atom. The monoisotopic (exact) mass is 265 g/mol. The molecule has 0 saturated carbocycles. The molecule has 4 heteroatoms. The van der Waals surface area contributed by atoms with Crippen LogP contribution in [0.3, 0.4) is 0 Å². The standard InChI is InChI=1S/C15H27N3O/c1-15(11-19-12-15)10-18-14(16-2)17-9-8-13-6-4-3-5-7-13/h6H,3-5,7-12H2,1-2H3,(H2,16,17,18). The number of nitrogens with zero attached hydrogens (tertiary/aromatic N) is 1. The average Bonchev–Trinajstić information content (AvgIpc) is 2.41. The van der Waals surface area contributed by atoms with Gasteiger partial charge in [-0.25, -0.2) is 0 Å². The normalized spacial score (nSPS) is 22.4. The van der Waals surface area contributed by atoms with Gasteiger partial charge in [-0.15, -0.1) is 0 Å². The minimum absolute atomic E-state index is 0.281. The van der Waals surface area contributed by atoms with Crippen molar-refractivity contribution in [2.75, 3.05) is 33.4 Å². The summed E-state index contributed by atoms with van der Waals surface area (Å²) in [5.41, 5.74) is 1.89. The van der Waals surface area contributed by atoms with Crippen LogP contribution in [-0.4, -0.2) is 39.3 Å². The van der Waals surface area contributed by atoms with E-state index < -0.39 is 0 Å². The van der Waals surface area contributed by atoms with Crippen molar-refractivity contribution >= 4 is 5.96 Å². The van der Waals surface area contributed by atoms with Crippen molar-refractivity contribution in [1.82, 2.24) is 10.6 Å². The summed E-state index contributed by atoms with van der Waals surface area (Å²) in [6, 6.07) is 0. The Morgan fingerprint density at radius 2 is 2.21 bits per heavy atom. The molecule has 0 bridgehead atoms. The number of rotatable bonds is 5. The van der Waals surface area contributed by atoms with E-state index in [0.29, 0.717) is 0 Å². The second-order valence-corrected chi connectivity index (χ2v) is 6.01. The molecule has 1 aliphatic heterocycles. The summed E-state index contributed by atoms with van der Waals surface area (Å²) < 4.78 is 5.26. The average molecular weight is 265 g/mol. The molecule has 2 rings (SSSR count). The fourth-order valence-corrected chi connectivity index (χ4v) is 2.54. The molecule has 0 radical (unpaired) electrons. The number of nitrogens with one attached hydrogen (secondary N) is 2. The summed E-state index contributed by atoms with van der Waals surface area (Å²) in [7, 11) is 1.83. The minimum atomic E-state index is 0.281. The topological polar surface area (TPSA) is 45.7 Å². The first-order valence-electron chi connectivity index (χ1n) is 7.42. The maximum Gasteiger partial charge on any atom is 0.191 e. The lowest BCUT2D eigenvalue weighted by Gasteiger charge is -2.38. The van der Waals surface area contributed by atoms with E-state index in [4.69, 9.17) is 4.74 Å². The molecule has 19 heavy (non-hydrogen) atoms. The first-order valence-corrected chi connectivity index (χ1v) is 7.42. The number of allylic oxidation sites excluding steroid dienone is 1. The van der Waals surface area contributed by atoms with Crippen LogP contribution < -0.4 is 10.6 Å². The third-order valence-electron chi connectivity index (χ3n) is 3.93. The van der Waals surface area contributed by atoms with E-state index in [9.17, 15) is 0 Å². The fourth-order valence-electron chi connectivity index (χ4n) is 2.54. The summed E-state index contributed by atoms with van der Waals surface area (Å²) in [4.78, 5) is 4.27. The summed E-state index contributed by atoms with van der Waals surface area (Å²) in [5.74, 6) is 0.907. The van der Waals surface area contributed by atoms with Gasteiger partial charge in [0.05, 0.1) is 13.2 Å². The highest BCUT2D eigenvalue weighted by Crippen LogP contribution is 2.25. The highest BCUT2D eigenvalue weighted by Gasteiger charge is 2.33. The van der Waals surface area contributed by atoms with Gasteiger partial charge in [0.15, 0.2) is 5.96 Å². The molecule has 0 aromatic rings. The van der Waals surface area contributed by atoms with Gasteiger partial charge >= 0.3 is 0 Å². The smallest absolute Gasteiger partial charge is 0.191 e. The quantitative estimate of drug-likeness (QED) is 0.454. The van der Waals surface area contributed by atoms with Crippen LogP contribution in [0.2, 0.25) is 0 Å². The highest BCUT2D eigenvalue weighted by molar-refractivity contribution is 5.79. The molecule has 0 spiro atoms. The van der Waals surface area contributed by atoms with Gasteiger partial charge in [-0.2, -0.15) is 0 Å². The Bertz CT molecular complexity index is 345. The lowest BCUT2D eigenvalue weighted by Crippen LogP contribution is -2.51. The minimum Gasteiger partial charge on any atom is -0.380 e. The Hall–Kier alpha value is -1.03. The molecule has 0 aromatic heterocycles. The second-order valence-electron chi connectivity index (χ2n) is 6.01. The maximum absolute atomic E-state index is 5.26.